The number of benzene rings is 3. The van der Waals surface area contributed by atoms with Gasteiger partial charge < -0.3 is 4.23 Å². The Bertz CT molecular complexity index is 892. The van der Waals surface area contributed by atoms with Crippen LogP contribution < -0.4 is 14.6 Å². The first-order valence-corrected chi connectivity index (χ1v) is 11.1. The van der Waals surface area contributed by atoms with Crippen molar-refractivity contribution in [1.82, 2.24) is 0 Å². The molecule has 0 amide bonds. The van der Waals surface area contributed by atoms with Gasteiger partial charge in [0.2, 0.25) is 19.4 Å². The van der Waals surface area contributed by atoms with Crippen molar-refractivity contribution in [3.63, 3.8) is 0 Å². The largest absolute Gasteiger partial charge is 0.419 e. The molecule has 0 fully saturated rings. The van der Waals surface area contributed by atoms with Crippen molar-refractivity contribution in [2.45, 2.75) is 27.7 Å². The summed E-state index contributed by atoms with van der Waals surface area (Å²) >= 11 is 0. The van der Waals surface area contributed by atoms with Gasteiger partial charge in [-0.3, -0.25) is 0 Å². The molecule has 3 aromatic carbocycles. The Hall–Kier alpha value is -2.37. The number of hydrogen-bond donors (Lipinski definition) is 0. The summed E-state index contributed by atoms with van der Waals surface area (Å²) in [6.45, 7) is 12.7. The second-order valence-electron chi connectivity index (χ2n) is 6.85. The maximum atomic E-state index is 3.87. The Morgan fingerprint density at radius 2 is 1.19 bits per heavy atom. The Balaban J connectivity index is 1.98. The van der Waals surface area contributed by atoms with Crippen LogP contribution in [0.2, 0.25) is 0 Å². The summed E-state index contributed by atoms with van der Waals surface area (Å²) in [5.74, 6) is 0. The molecule has 0 aliphatic heterocycles. The van der Waals surface area contributed by atoms with Crippen LogP contribution >= 0.6 is 0 Å². The minimum atomic E-state index is 0.604. The van der Waals surface area contributed by atoms with Crippen molar-refractivity contribution in [1.29, 1.82) is 0 Å². The second kappa shape index (κ2) is 8.55. The summed E-state index contributed by atoms with van der Waals surface area (Å²) in [6.07, 6.45) is 1.90. The molecule has 0 N–H and O–H groups in total. The molecule has 3 heteroatoms. The van der Waals surface area contributed by atoms with Crippen LogP contribution in [0, 0.1) is 27.7 Å². The number of rotatable bonds is 6. The lowest BCUT2D eigenvalue weighted by molar-refractivity contribution is 1.36. The quantitative estimate of drug-likeness (QED) is 0.575. The number of hydrogen-bond acceptors (Lipinski definition) is 1. The van der Waals surface area contributed by atoms with E-state index in [0.717, 1.165) is 5.56 Å². The smallest absolute Gasteiger partial charge is 0.212 e. The average Bonchev–Trinajstić information content (AvgIpc) is 2.68. The Morgan fingerprint density at radius 3 is 1.63 bits per heavy atom. The molecule has 0 aliphatic carbocycles. The molecule has 0 aromatic heterocycles. The molecule has 0 unspecified atom stereocenters. The van der Waals surface area contributed by atoms with Crippen LogP contribution in [-0.4, -0.2) is 19.4 Å². The van der Waals surface area contributed by atoms with Gasteiger partial charge in [-0.2, -0.15) is 0 Å². The molecule has 0 aliphatic rings. The molecule has 27 heavy (non-hydrogen) atoms. The van der Waals surface area contributed by atoms with E-state index in [9.17, 15) is 0 Å². The van der Waals surface area contributed by atoms with Crippen molar-refractivity contribution < 1.29 is 0 Å². The normalized spacial score (nSPS) is 10.7. The Labute approximate surface area is 168 Å². The molecule has 4 radical (unpaired) electrons. The van der Waals surface area contributed by atoms with Gasteiger partial charge in [0, 0.05) is 5.69 Å². The standard InChI is InChI=1S/C24H25NSi2/c1-6-21-13-15-22(16-14-21)25(26-23-11-7-9-17(2)19(23)4)27-24-12-8-10-18(3)20(24)5/h6-16H,1H2,2-5H3. The Kier molecular flexibility index (Phi) is 6.14. The predicted octanol–water partition coefficient (Wildman–Crippen LogP) is 4.26. The van der Waals surface area contributed by atoms with E-state index < -0.39 is 0 Å². The van der Waals surface area contributed by atoms with Crippen LogP contribution in [0.1, 0.15) is 27.8 Å². The average molecular weight is 384 g/mol. The zero-order valence-corrected chi connectivity index (χ0v) is 18.5. The lowest BCUT2D eigenvalue weighted by Crippen LogP contribution is -2.45. The summed E-state index contributed by atoms with van der Waals surface area (Å²) in [4.78, 5) is 0. The van der Waals surface area contributed by atoms with Gasteiger partial charge in [0.1, 0.15) is 0 Å². The van der Waals surface area contributed by atoms with E-state index >= 15 is 0 Å². The van der Waals surface area contributed by atoms with E-state index in [1.165, 1.54) is 38.3 Å². The molecule has 0 saturated carbocycles. The fraction of sp³-hybridized carbons (Fsp3) is 0.167. The maximum Gasteiger partial charge on any atom is 0.212 e. The highest BCUT2D eigenvalue weighted by Crippen LogP contribution is 2.16. The minimum absolute atomic E-state index is 0.604. The molecular formula is C24H25NSi2. The number of anilines is 1. The van der Waals surface area contributed by atoms with Crippen molar-refractivity contribution >= 4 is 41.5 Å². The van der Waals surface area contributed by atoms with Gasteiger partial charge in [0.05, 0.1) is 0 Å². The minimum Gasteiger partial charge on any atom is -0.419 e. The molecule has 0 bridgehead atoms. The van der Waals surface area contributed by atoms with Crippen molar-refractivity contribution in [2.75, 3.05) is 4.23 Å². The maximum absolute atomic E-state index is 3.87. The van der Waals surface area contributed by atoms with Gasteiger partial charge in [0.25, 0.3) is 0 Å². The third-order valence-corrected chi connectivity index (χ3v) is 8.26. The zero-order chi connectivity index (χ0) is 19.4. The molecule has 3 rings (SSSR count). The highest BCUT2D eigenvalue weighted by molar-refractivity contribution is 6.77. The first-order chi connectivity index (χ1) is 13.0. The highest BCUT2D eigenvalue weighted by Gasteiger charge is 2.15. The van der Waals surface area contributed by atoms with Crippen molar-refractivity contribution in [3.05, 3.63) is 95.1 Å². The van der Waals surface area contributed by atoms with E-state index in [2.05, 4.69) is 99.2 Å². The molecule has 0 atom stereocenters. The third-order valence-electron chi connectivity index (χ3n) is 5.06. The van der Waals surface area contributed by atoms with Crippen LogP contribution in [-0.2, 0) is 0 Å². The van der Waals surface area contributed by atoms with Gasteiger partial charge in [-0.15, -0.1) is 0 Å². The first-order valence-electron chi connectivity index (χ1n) is 9.18. The SMILES string of the molecule is C=Cc1ccc(N([Si]c2cccc(C)c2C)[Si]c2cccc(C)c2C)cc1. The summed E-state index contributed by atoms with van der Waals surface area (Å²) in [6, 6.07) is 22.0. The lowest BCUT2D eigenvalue weighted by Gasteiger charge is -2.26. The summed E-state index contributed by atoms with van der Waals surface area (Å²) in [5.41, 5.74) is 7.93. The molecule has 134 valence electrons. The number of nitrogens with zero attached hydrogens (tertiary/aromatic N) is 1. The van der Waals surface area contributed by atoms with Gasteiger partial charge in [-0.25, -0.2) is 0 Å². The van der Waals surface area contributed by atoms with Crippen LogP contribution in [0.15, 0.2) is 67.2 Å². The zero-order valence-electron chi connectivity index (χ0n) is 16.5. The van der Waals surface area contributed by atoms with Crippen molar-refractivity contribution in [3.8, 4) is 0 Å². The second-order valence-corrected chi connectivity index (χ2v) is 9.72. The molecule has 3 aromatic rings. The number of aryl methyl sites for hydroxylation is 2. The van der Waals surface area contributed by atoms with E-state index in [1.54, 1.807) is 0 Å². The van der Waals surface area contributed by atoms with Gasteiger partial charge in [-0.1, -0.05) is 61.2 Å². The molecule has 0 saturated heterocycles. The lowest BCUT2D eigenvalue weighted by atomic mass is 10.1. The molecule has 1 nitrogen and oxygen atoms in total. The predicted molar refractivity (Wildman–Crippen MR) is 122 cm³/mol. The molecular weight excluding hydrogens is 358 g/mol. The van der Waals surface area contributed by atoms with Crippen LogP contribution in [0.4, 0.5) is 5.69 Å². The summed E-state index contributed by atoms with van der Waals surface area (Å²) < 4.78 is 2.52. The van der Waals surface area contributed by atoms with E-state index in [0.29, 0.717) is 19.4 Å². The van der Waals surface area contributed by atoms with Crippen molar-refractivity contribution in [2.24, 2.45) is 0 Å². The van der Waals surface area contributed by atoms with Crippen LogP contribution in [0.25, 0.3) is 6.08 Å². The first kappa shape index (κ1) is 19.4. The van der Waals surface area contributed by atoms with Gasteiger partial charge in [0.15, 0.2) is 0 Å². The fourth-order valence-corrected chi connectivity index (χ4v) is 5.96. The highest BCUT2D eigenvalue weighted by atomic mass is 28.3. The summed E-state index contributed by atoms with van der Waals surface area (Å²) in [5, 5.41) is 2.83. The van der Waals surface area contributed by atoms with E-state index in [4.69, 9.17) is 0 Å². The monoisotopic (exact) mass is 383 g/mol. The summed E-state index contributed by atoms with van der Waals surface area (Å²) in [7, 11) is 1.21. The molecule has 0 heterocycles. The topological polar surface area (TPSA) is 3.24 Å². The van der Waals surface area contributed by atoms with E-state index in [1.807, 2.05) is 6.08 Å². The van der Waals surface area contributed by atoms with Gasteiger partial charge >= 0.3 is 0 Å². The van der Waals surface area contributed by atoms with Crippen LogP contribution in [0.5, 0.6) is 0 Å². The Morgan fingerprint density at radius 1 is 0.704 bits per heavy atom. The van der Waals surface area contributed by atoms with E-state index in [-0.39, 0.29) is 0 Å². The van der Waals surface area contributed by atoms with Crippen LogP contribution in [0.3, 0.4) is 0 Å². The third kappa shape index (κ3) is 4.49. The molecule has 0 spiro atoms. The van der Waals surface area contributed by atoms with Gasteiger partial charge in [-0.05, 0) is 78.0 Å². The fourth-order valence-electron chi connectivity index (χ4n) is 2.90.